The van der Waals surface area contributed by atoms with Crippen molar-refractivity contribution in [2.45, 2.75) is 0 Å². The quantitative estimate of drug-likeness (QED) is 0.583. The van der Waals surface area contributed by atoms with Gasteiger partial charge >= 0.3 is 0 Å². The third kappa shape index (κ3) is 3.13. The van der Waals surface area contributed by atoms with E-state index in [9.17, 15) is 0 Å². The fourth-order valence-electron chi connectivity index (χ4n) is 3.49. The first-order valence-corrected chi connectivity index (χ1v) is 9.18. The van der Waals surface area contributed by atoms with Gasteiger partial charge in [0.05, 0.1) is 19.4 Å². The molecule has 1 aliphatic rings. The van der Waals surface area contributed by atoms with Gasteiger partial charge in [0.25, 0.3) is 0 Å². The Morgan fingerprint density at radius 2 is 2.00 bits per heavy atom. The van der Waals surface area contributed by atoms with E-state index in [1.807, 2.05) is 22.9 Å². The smallest absolute Gasteiger partial charge is 0.157 e. The van der Waals surface area contributed by atoms with Gasteiger partial charge in [-0.25, -0.2) is 9.97 Å². The monoisotopic (exact) mass is 363 g/mol. The summed E-state index contributed by atoms with van der Waals surface area (Å²) in [5.41, 5.74) is 3.71. The molecule has 8 heteroatoms. The van der Waals surface area contributed by atoms with Gasteiger partial charge in [0.2, 0.25) is 0 Å². The van der Waals surface area contributed by atoms with Gasteiger partial charge < -0.3 is 14.5 Å². The van der Waals surface area contributed by atoms with Crippen molar-refractivity contribution in [1.29, 1.82) is 0 Å². The van der Waals surface area contributed by atoms with Crippen LogP contribution in [0.25, 0.3) is 22.6 Å². The van der Waals surface area contributed by atoms with Gasteiger partial charge in [-0.15, -0.1) is 0 Å². The molecule has 1 aliphatic heterocycles. The van der Waals surface area contributed by atoms with Gasteiger partial charge in [0, 0.05) is 62.7 Å². The summed E-state index contributed by atoms with van der Waals surface area (Å²) in [5.74, 6) is 0.986. The van der Waals surface area contributed by atoms with Gasteiger partial charge in [-0.2, -0.15) is 0 Å². The number of rotatable bonds is 5. The maximum Gasteiger partial charge on any atom is 0.157 e. The zero-order valence-electron chi connectivity index (χ0n) is 15.0. The molecule has 0 saturated carbocycles. The van der Waals surface area contributed by atoms with Crippen LogP contribution in [0.1, 0.15) is 0 Å². The Balaban J connectivity index is 1.46. The number of hydrogen-bond acceptors (Lipinski definition) is 6. The summed E-state index contributed by atoms with van der Waals surface area (Å²) in [4.78, 5) is 15.7. The molecule has 0 atom stereocenters. The van der Waals surface area contributed by atoms with E-state index in [0.717, 1.165) is 67.8 Å². The Hall–Kier alpha value is -2.97. The lowest BCUT2D eigenvalue weighted by Gasteiger charge is -2.26. The average Bonchev–Trinajstić information content (AvgIpc) is 3.33. The minimum atomic E-state index is 0.817. The SMILES string of the molecule is c1cn2c(NCCN3CCOCC3)c(-c3ccc4nccn4c3)nc2cn1. The molecule has 0 spiro atoms. The second kappa shape index (κ2) is 6.98. The largest absolute Gasteiger partial charge is 0.379 e. The lowest BCUT2D eigenvalue weighted by Crippen LogP contribution is -2.39. The second-order valence-electron chi connectivity index (χ2n) is 6.60. The molecule has 1 fully saturated rings. The maximum atomic E-state index is 5.42. The van der Waals surface area contributed by atoms with E-state index in [0.29, 0.717) is 0 Å². The highest BCUT2D eigenvalue weighted by atomic mass is 16.5. The number of nitrogens with zero attached hydrogens (tertiary/aromatic N) is 6. The van der Waals surface area contributed by atoms with Gasteiger partial charge in [0.15, 0.2) is 5.65 Å². The second-order valence-corrected chi connectivity index (χ2v) is 6.60. The van der Waals surface area contributed by atoms with Crippen LogP contribution in [0.4, 0.5) is 5.82 Å². The molecule has 4 aromatic heterocycles. The molecule has 8 nitrogen and oxygen atoms in total. The summed E-state index contributed by atoms with van der Waals surface area (Å²) in [6, 6.07) is 4.07. The van der Waals surface area contributed by atoms with Crippen molar-refractivity contribution in [2.75, 3.05) is 44.7 Å². The van der Waals surface area contributed by atoms with E-state index in [2.05, 4.69) is 36.8 Å². The lowest BCUT2D eigenvalue weighted by molar-refractivity contribution is 0.0398. The van der Waals surface area contributed by atoms with Crippen molar-refractivity contribution < 1.29 is 4.74 Å². The molecule has 0 unspecified atom stereocenters. The van der Waals surface area contributed by atoms with Crippen LogP contribution in [-0.4, -0.2) is 68.0 Å². The van der Waals surface area contributed by atoms with Crippen LogP contribution in [0.3, 0.4) is 0 Å². The zero-order chi connectivity index (χ0) is 18.1. The number of anilines is 1. The highest BCUT2D eigenvalue weighted by molar-refractivity contribution is 5.76. The number of nitrogens with one attached hydrogen (secondary N) is 1. The third-order valence-corrected chi connectivity index (χ3v) is 4.92. The van der Waals surface area contributed by atoms with Crippen LogP contribution >= 0.6 is 0 Å². The van der Waals surface area contributed by atoms with Gasteiger partial charge in [-0.05, 0) is 12.1 Å². The van der Waals surface area contributed by atoms with E-state index in [4.69, 9.17) is 9.72 Å². The molecule has 0 radical (unpaired) electrons. The Morgan fingerprint density at radius 1 is 1.07 bits per heavy atom. The fourth-order valence-corrected chi connectivity index (χ4v) is 3.49. The predicted octanol–water partition coefficient (Wildman–Crippen LogP) is 1.79. The van der Waals surface area contributed by atoms with E-state index in [1.165, 1.54) is 0 Å². The molecule has 0 aromatic carbocycles. The summed E-state index contributed by atoms with van der Waals surface area (Å²) in [5, 5.41) is 3.59. The van der Waals surface area contributed by atoms with Gasteiger partial charge in [-0.1, -0.05) is 0 Å². The summed E-state index contributed by atoms with van der Waals surface area (Å²) < 4.78 is 9.49. The number of morpholine rings is 1. The van der Waals surface area contributed by atoms with Crippen LogP contribution in [-0.2, 0) is 4.74 Å². The number of aromatic nitrogens is 5. The van der Waals surface area contributed by atoms with Crippen molar-refractivity contribution in [1.82, 2.24) is 28.7 Å². The normalized spacial score (nSPS) is 15.6. The maximum absolute atomic E-state index is 5.42. The molecular weight excluding hydrogens is 342 g/mol. The number of pyridine rings is 1. The topological polar surface area (TPSA) is 72.0 Å². The Kier molecular flexibility index (Phi) is 4.19. The standard InChI is InChI=1S/C19H21N7O/c1-2-16-21-5-7-25(16)14-15(1)18-19(26-8-3-20-13-17(26)23-18)22-4-6-24-9-11-27-12-10-24/h1-3,5,7-8,13-14,22H,4,6,9-12H2. The first-order chi connectivity index (χ1) is 13.4. The molecule has 5 heterocycles. The van der Waals surface area contributed by atoms with Crippen molar-refractivity contribution in [2.24, 2.45) is 0 Å². The van der Waals surface area contributed by atoms with Gasteiger partial charge in [0.1, 0.15) is 17.2 Å². The minimum Gasteiger partial charge on any atom is -0.379 e. The fraction of sp³-hybridized carbons (Fsp3) is 0.316. The van der Waals surface area contributed by atoms with E-state index in [1.54, 1.807) is 18.6 Å². The zero-order valence-corrected chi connectivity index (χ0v) is 15.0. The third-order valence-electron chi connectivity index (χ3n) is 4.92. The molecule has 0 amide bonds. The summed E-state index contributed by atoms with van der Waals surface area (Å²) in [6.45, 7) is 5.43. The lowest BCUT2D eigenvalue weighted by atomic mass is 10.2. The Labute approximate surface area is 156 Å². The van der Waals surface area contributed by atoms with Crippen LogP contribution in [0.15, 0.2) is 49.3 Å². The first kappa shape index (κ1) is 16.2. The van der Waals surface area contributed by atoms with Crippen LogP contribution in [0.5, 0.6) is 0 Å². The summed E-state index contributed by atoms with van der Waals surface area (Å²) >= 11 is 0. The van der Waals surface area contributed by atoms with Crippen molar-refractivity contribution in [3.63, 3.8) is 0 Å². The number of hydrogen-bond donors (Lipinski definition) is 1. The van der Waals surface area contributed by atoms with Gasteiger partial charge in [-0.3, -0.25) is 14.3 Å². The van der Waals surface area contributed by atoms with Crippen molar-refractivity contribution in [3.8, 4) is 11.3 Å². The molecular formula is C19H21N7O. The summed E-state index contributed by atoms with van der Waals surface area (Å²) in [7, 11) is 0. The molecule has 1 saturated heterocycles. The highest BCUT2D eigenvalue weighted by Gasteiger charge is 2.16. The molecule has 0 aliphatic carbocycles. The molecule has 138 valence electrons. The van der Waals surface area contributed by atoms with Crippen LogP contribution in [0.2, 0.25) is 0 Å². The van der Waals surface area contributed by atoms with Crippen LogP contribution in [0, 0.1) is 0 Å². The Bertz CT molecular complexity index is 1060. The minimum absolute atomic E-state index is 0.817. The molecule has 1 N–H and O–H groups in total. The number of fused-ring (bicyclic) bond motifs is 2. The number of imidazole rings is 2. The molecule has 0 bridgehead atoms. The summed E-state index contributed by atoms with van der Waals surface area (Å²) in [6.07, 6.45) is 11.3. The highest BCUT2D eigenvalue weighted by Crippen LogP contribution is 2.28. The van der Waals surface area contributed by atoms with Crippen molar-refractivity contribution in [3.05, 3.63) is 49.3 Å². The molecule has 4 aromatic rings. The first-order valence-electron chi connectivity index (χ1n) is 9.18. The van der Waals surface area contributed by atoms with E-state index >= 15 is 0 Å². The van der Waals surface area contributed by atoms with E-state index < -0.39 is 0 Å². The van der Waals surface area contributed by atoms with Crippen molar-refractivity contribution >= 4 is 17.1 Å². The van der Waals surface area contributed by atoms with E-state index in [-0.39, 0.29) is 0 Å². The predicted molar refractivity (Wildman–Crippen MR) is 103 cm³/mol. The molecule has 5 rings (SSSR count). The number of ether oxygens (including phenoxy) is 1. The Morgan fingerprint density at radius 3 is 2.93 bits per heavy atom. The molecule has 27 heavy (non-hydrogen) atoms. The van der Waals surface area contributed by atoms with Crippen LogP contribution < -0.4 is 5.32 Å². The average molecular weight is 363 g/mol.